The first-order valence-electron chi connectivity index (χ1n) is 4.46. The minimum absolute atomic E-state index is 0.0549. The van der Waals surface area contributed by atoms with E-state index in [0.29, 0.717) is 0 Å². The number of hydrogen-bond acceptors (Lipinski definition) is 4. The van der Waals surface area contributed by atoms with Gasteiger partial charge in [0.1, 0.15) is 5.25 Å². The molecule has 1 atom stereocenters. The Hall–Kier alpha value is -0.710. The maximum atomic E-state index is 11.2. The van der Waals surface area contributed by atoms with Crippen LogP contribution >= 0.6 is 11.8 Å². The van der Waals surface area contributed by atoms with E-state index in [1.54, 1.807) is 6.92 Å². The molecule has 0 saturated carbocycles. The summed E-state index contributed by atoms with van der Waals surface area (Å²) in [6, 6.07) is 0.136. The molecule has 82 valence electrons. The highest BCUT2D eigenvalue weighted by Gasteiger charge is 2.15. The number of methoxy groups -OCH3 is 1. The molecule has 0 aliphatic heterocycles. The number of carbonyl (C=O) groups excluding carboxylic acids is 2. The zero-order valence-electron chi connectivity index (χ0n) is 8.99. The van der Waals surface area contributed by atoms with Gasteiger partial charge in [-0.05, 0) is 20.8 Å². The molecule has 0 spiro atoms. The van der Waals surface area contributed by atoms with Crippen molar-refractivity contribution in [2.75, 3.05) is 12.9 Å². The van der Waals surface area contributed by atoms with Crippen LogP contribution in [-0.4, -0.2) is 36.0 Å². The van der Waals surface area contributed by atoms with Crippen LogP contribution in [0.3, 0.4) is 0 Å². The predicted octanol–water partition coefficient (Wildman–Crippen LogP) is 0.806. The fourth-order valence-electron chi connectivity index (χ4n) is 0.798. The van der Waals surface area contributed by atoms with Crippen LogP contribution in [0.1, 0.15) is 20.8 Å². The Labute approximate surface area is 88.8 Å². The first-order valence-corrected chi connectivity index (χ1v) is 5.51. The van der Waals surface area contributed by atoms with Gasteiger partial charge in [-0.25, -0.2) is 0 Å². The number of esters is 1. The van der Waals surface area contributed by atoms with Crippen LogP contribution in [0.15, 0.2) is 0 Å². The van der Waals surface area contributed by atoms with E-state index in [-0.39, 0.29) is 28.9 Å². The van der Waals surface area contributed by atoms with Crippen molar-refractivity contribution < 1.29 is 14.3 Å². The summed E-state index contributed by atoms with van der Waals surface area (Å²) < 4.78 is 4.53. The molecule has 0 aromatic heterocycles. The monoisotopic (exact) mass is 219 g/mol. The number of ether oxygens (including phenoxy) is 1. The minimum atomic E-state index is -0.299. The van der Waals surface area contributed by atoms with Crippen molar-refractivity contribution in [1.29, 1.82) is 0 Å². The first-order chi connectivity index (χ1) is 6.47. The largest absolute Gasteiger partial charge is 0.468 e. The van der Waals surface area contributed by atoms with Gasteiger partial charge in [-0.15, -0.1) is 11.8 Å². The highest BCUT2D eigenvalue weighted by Crippen LogP contribution is 2.10. The third kappa shape index (κ3) is 5.85. The van der Waals surface area contributed by atoms with Crippen molar-refractivity contribution in [3.8, 4) is 0 Å². The third-order valence-electron chi connectivity index (χ3n) is 1.45. The van der Waals surface area contributed by atoms with E-state index in [1.165, 1.54) is 18.9 Å². The normalized spacial score (nSPS) is 12.4. The maximum absolute atomic E-state index is 11.2. The fourth-order valence-corrected chi connectivity index (χ4v) is 1.52. The molecular formula is C9H17NO3S. The number of rotatable bonds is 5. The molecule has 0 aromatic carbocycles. The predicted molar refractivity (Wildman–Crippen MR) is 57.2 cm³/mol. The number of nitrogens with one attached hydrogen (secondary N) is 1. The molecule has 0 fully saturated rings. The molecule has 0 radical (unpaired) electrons. The Morgan fingerprint density at radius 2 is 1.93 bits per heavy atom. The standard InChI is InChI=1S/C9H17NO3S/c1-6(2)10-8(11)5-14-7(3)9(12)13-4/h6-7H,5H2,1-4H3,(H,10,11). The molecule has 0 saturated heterocycles. The second-order valence-electron chi connectivity index (χ2n) is 3.20. The summed E-state index contributed by atoms with van der Waals surface area (Å²) in [6.45, 7) is 5.51. The van der Waals surface area contributed by atoms with Crippen molar-refractivity contribution in [3.05, 3.63) is 0 Å². The summed E-state index contributed by atoms with van der Waals surface area (Å²) in [5.74, 6) is -0.0675. The van der Waals surface area contributed by atoms with Gasteiger partial charge >= 0.3 is 5.97 Å². The van der Waals surface area contributed by atoms with Crippen molar-refractivity contribution in [2.45, 2.75) is 32.1 Å². The quantitative estimate of drug-likeness (QED) is 0.695. The highest BCUT2D eigenvalue weighted by molar-refractivity contribution is 8.01. The Morgan fingerprint density at radius 3 is 2.36 bits per heavy atom. The van der Waals surface area contributed by atoms with Crippen molar-refractivity contribution in [2.24, 2.45) is 0 Å². The summed E-state index contributed by atoms with van der Waals surface area (Å²) >= 11 is 1.27. The lowest BCUT2D eigenvalue weighted by Gasteiger charge is -2.10. The molecule has 0 aromatic rings. The highest BCUT2D eigenvalue weighted by atomic mass is 32.2. The maximum Gasteiger partial charge on any atom is 0.318 e. The SMILES string of the molecule is COC(=O)C(C)SCC(=O)NC(C)C. The van der Waals surface area contributed by atoms with E-state index in [4.69, 9.17) is 0 Å². The lowest BCUT2D eigenvalue weighted by molar-refractivity contribution is -0.139. The molecule has 0 bridgehead atoms. The van der Waals surface area contributed by atoms with Gasteiger partial charge in [-0.2, -0.15) is 0 Å². The lowest BCUT2D eigenvalue weighted by atomic mass is 10.4. The molecule has 4 nitrogen and oxygen atoms in total. The molecule has 0 aliphatic carbocycles. The van der Waals surface area contributed by atoms with E-state index in [1.807, 2.05) is 13.8 Å². The van der Waals surface area contributed by atoms with Crippen LogP contribution in [0.4, 0.5) is 0 Å². The average Bonchev–Trinajstić information content (AvgIpc) is 2.11. The van der Waals surface area contributed by atoms with E-state index in [2.05, 4.69) is 10.1 Å². The smallest absolute Gasteiger partial charge is 0.318 e. The van der Waals surface area contributed by atoms with Crippen LogP contribution in [0, 0.1) is 0 Å². The summed E-state index contributed by atoms with van der Waals surface area (Å²) in [4.78, 5) is 22.2. The van der Waals surface area contributed by atoms with E-state index in [0.717, 1.165) is 0 Å². The molecule has 1 amide bonds. The van der Waals surface area contributed by atoms with Crippen molar-refractivity contribution >= 4 is 23.6 Å². The van der Waals surface area contributed by atoms with Crippen LogP contribution in [0.5, 0.6) is 0 Å². The Kier molecular flexibility index (Phi) is 6.36. The number of amides is 1. The summed E-state index contributed by atoms with van der Waals surface area (Å²) in [7, 11) is 1.34. The Balaban J connectivity index is 3.71. The molecule has 0 rings (SSSR count). The number of hydrogen-bond donors (Lipinski definition) is 1. The molecule has 14 heavy (non-hydrogen) atoms. The van der Waals surface area contributed by atoms with Crippen molar-refractivity contribution in [1.82, 2.24) is 5.32 Å². The third-order valence-corrected chi connectivity index (χ3v) is 2.57. The first kappa shape index (κ1) is 13.3. The second kappa shape index (κ2) is 6.70. The Morgan fingerprint density at radius 1 is 1.36 bits per heavy atom. The number of thioether (sulfide) groups is 1. The van der Waals surface area contributed by atoms with Gasteiger partial charge in [0.25, 0.3) is 0 Å². The zero-order chi connectivity index (χ0) is 11.1. The van der Waals surface area contributed by atoms with Crippen LogP contribution in [-0.2, 0) is 14.3 Å². The van der Waals surface area contributed by atoms with Crippen LogP contribution in [0.2, 0.25) is 0 Å². The van der Waals surface area contributed by atoms with E-state index in [9.17, 15) is 9.59 Å². The van der Waals surface area contributed by atoms with Crippen LogP contribution < -0.4 is 5.32 Å². The molecular weight excluding hydrogens is 202 g/mol. The van der Waals surface area contributed by atoms with Gasteiger partial charge < -0.3 is 10.1 Å². The Bertz CT molecular complexity index is 206. The van der Waals surface area contributed by atoms with Gasteiger partial charge in [0.2, 0.25) is 5.91 Å². The van der Waals surface area contributed by atoms with Gasteiger partial charge in [0.05, 0.1) is 12.9 Å². The van der Waals surface area contributed by atoms with Gasteiger partial charge in [-0.1, -0.05) is 0 Å². The summed E-state index contributed by atoms with van der Waals surface area (Å²) in [6.07, 6.45) is 0. The molecule has 5 heteroatoms. The molecule has 0 aliphatic rings. The number of carbonyl (C=O) groups is 2. The second-order valence-corrected chi connectivity index (χ2v) is 4.53. The van der Waals surface area contributed by atoms with Gasteiger partial charge in [0.15, 0.2) is 0 Å². The summed E-state index contributed by atoms with van der Waals surface area (Å²) in [5, 5.41) is 2.45. The van der Waals surface area contributed by atoms with E-state index < -0.39 is 0 Å². The van der Waals surface area contributed by atoms with Crippen LogP contribution in [0.25, 0.3) is 0 Å². The zero-order valence-corrected chi connectivity index (χ0v) is 9.81. The molecule has 0 heterocycles. The molecule has 1 unspecified atom stereocenters. The van der Waals surface area contributed by atoms with Crippen molar-refractivity contribution in [3.63, 3.8) is 0 Å². The fraction of sp³-hybridized carbons (Fsp3) is 0.778. The van der Waals surface area contributed by atoms with Gasteiger partial charge in [0, 0.05) is 6.04 Å². The van der Waals surface area contributed by atoms with E-state index >= 15 is 0 Å². The average molecular weight is 219 g/mol. The minimum Gasteiger partial charge on any atom is -0.468 e. The molecule has 1 N–H and O–H groups in total. The van der Waals surface area contributed by atoms with Gasteiger partial charge in [-0.3, -0.25) is 9.59 Å². The summed E-state index contributed by atoms with van der Waals surface area (Å²) in [5.41, 5.74) is 0. The topological polar surface area (TPSA) is 55.4 Å². The lowest BCUT2D eigenvalue weighted by Crippen LogP contribution is -2.32.